The molecule has 0 fully saturated rings. The molecule has 3 nitrogen and oxygen atoms in total. The normalized spacial score (nSPS) is 12.3. The zero-order valence-corrected chi connectivity index (χ0v) is 9.01. The number of nitrogens with one attached hydrogen (secondary N) is 1. The molecule has 2 N–H and O–H groups in total. The molecule has 4 heteroatoms. The summed E-state index contributed by atoms with van der Waals surface area (Å²) >= 11 is 5.92. The Morgan fingerprint density at radius 1 is 1.57 bits per heavy atom. The van der Waals surface area contributed by atoms with Gasteiger partial charge in [-0.1, -0.05) is 11.6 Å². The number of benzene rings is 1. The highest BCUT2D eigenvalue weighted by molar-refractivity contribution is 6.32. The number of methoxy groups -OCH3 is 1. The molecule has 0 saturated heterocycles. The van der Waals surface area contributed by atoms with Gasteiger partial charge in [0.2, 0.25) is 0 Å². The van der Waals surface area contributed by atoms with Gasteiger partial charge in [-0.05, 0) is 25.1 Å². The summed E-state index contributed by atoms with van der Waals surface area (Å²) in [5, 5.41) is 12.7. The molecule has 0 aliphatic carbocycles. The van der Waals surface area contributed by atoms with Crippen molar-refractivity contribution in [2.24, 2.45) is 0 Å². The molecule has 1 unspecified atom stereocenters. The number of aliphatic hydroxyl groups is 1. The lowest BCUT2D eigenvalue weighted by atomic mass is 10.3. The number of anilines is 1. The SMILES string of the molecule is COc1ccc(NCC(C)O)cc1Cl. The maximum Gasteiger partial charge on any atom is 0.137 e. The van der Waals surface area contributed by atoms with Crippen LogP contribution in [0, 0.1) is 0 Å². The Balaban J connectivity index is 2.66. The predicted octanol–water partition coefficient (Wildman–Crippen LogP) is 2.14. The molecule has 0 aliphatic heterocycles. The van der Waals surface area contributed by atoms with Crippen molar-refractivity contribution < 1.29 is 9.84 Å². The van der Waals surface area contributed by atoms with Crippen LogP contribution in [0.2, 0.25) is 5.02 Å². The van der Waals surface area contributed by atoms with Gasteiger partial charge in [-0.15, -0.1) is 0 Å². The van der Waals surface area contributed by atoms with Crippen molar-refractivity contribution in [2.45, 2.75) is 13.0 Å². The Morgan fingerprint density at radius 2 is 2.29 bits per heavy atom. The highest BCUT2D eigenvalue weighted by Crippen LogP contribution is 2.26. The Bertz CT molecular complexity index is 302. The topological polar surface area (TPSA) is 41.5 Å². The van der Waals surface area contributed by atoms with E-state index in [1.54, 1.807) is 26.2 Å². The monoisotopic (exact) mass is 215 g/mol. The number of halogens is 1. The molecule has 0 amide bonds. The van der Waals surface area contributed by atoms with Gasteiger partial charge >= 0.3 is 0 Å². The molecular formula is C10H14ClNO2. The Kier molecular flexibility index (Phi) is 4.04. The first kappa shape index (κ1) is 11.1. The number of aliphatic hydroxyl groups excluding tert-OH is 1. The third kappa shape index (κ3) is 3.09. The minimum absolute atomic E-state index is 0.379. The molecule has 1 aromatic rings. The summed E-state index contributed by atoms with van der Waals surface area (Å²) in [5.74, 6) is 0.647. The third-order valence-corrected chi connectivity index (χ3v) is 2.05. The van der Waals surface area contributed by atoms with E-state index in [4.69, 9.17) is 21.4 Å². The molecule has 0 aliphatic rings. The number of hydrogen-bond donors (Lipinski definition) is 2. The van der Waals surface area contributed by atoms with E-state index in [1.807, 2.05) is 6.07 Å². The summed E-state index contributed by atoms with van der Waals surface area (Å²) in [6.45, 7) is 2.22. The summed E-state index contributed by atoms with van der Waals surface area (Å²) in [7, 11) is 1.57. The van der Waals surface area contributed by atoms with Crippen molar-refractivity contribution in [3.63, 3.8) is 0 Å². The highest BCUT2D eigenvalue weighted by atomic mass is 35.5. The lowest BCUT2D eigenvalue weighted by molar-refractivity contribution is 0.208. The number of ether oxygens (including phenoxy) is 1. The van der Waals surface area contributed by atoms with Crippen molar-refractivity contribution in [1.29, 1.82) is 0 Å². The molecule has 14 heavy (non-hydrogen) atoms. The average molecular weight is 216 g/mol. The fourth-order valence-corrected chi connectivity index (χ4v) is 1.30. The summed E-state index contributed by atoms with van der Waals surface area (Å²) in [4.78, 5) is 0. The zero-order valence-electron chi connectivity index (χ0n) is 8.25. The van der Waals surface area contributed by atoms with E-state index < -0.39 is 0 Å². The summed E-state index contributed by atoms with van der Waals surface area (Å²) in [6, 6.07) is 5.41. The second kappa shape index (κ2) is 5.08. The first-order valence-electron chi connectivity index (χ1n) is 4.39. The van der Waals surface area contributed by atoms with E-state index in [2.05, 4.69) is 5.32 Å². The van der Waals surface area contributed by atoms with Gasteiger partial charge in [0.1, 0.15) is 5.75 Å². The van der Waals surface area contributed by atoms with E-state index in [1.165, 1.54) is 0 Å². The van der Waals surface area contributed by atoms with Crippen molar-refractivity contribution in [1.82, 2.24) is 0 Å². The smallest absolute Gasteiger partial charge is 0.137 e. The molecule has 1 atom stereocenters. The van der Waals surface area contributed by atoms with Crippen LogP contribution in [-0.2, 0) is 0 Å². The van der Waals surface area contributed by atoms with Gasteiger partial charge < -0.3 is 15.2 Å². The van der Waals surface area contributed by atoms with Crippen LogP contribution in [0.3, 0.4) is 0 Å². The first-order valence-corrected chi connectivity index (χ1v) is 4.76. The van der Waals surface area contributed by atoms with Crippen molar-refractivity contribution in [2.75, 3.05) is 19.0 Å². The van der Waals surface area contributed by atoms with Crippen LogP contribution in [0.5, 0.6) is 5.75 Å². The summed E-state index contributed by atoms with van der Waals surface area (Å²) in [5.41, 5.74) is 0.872. The van der Waals surface area contributed by atoms with Crippen LogP contribution < -0.4 is 10.1 Å². The van der Waals surface area contributed by atoms with Crippen LogP contribution in [-0.4, -0.2) is 24.9 Å². The fourth-order valence-electron chi connectivity index (χ4n) is 1.04. The van der Waals surface area contributed by atoms with E-state index in [-0.39, 0.29) is 6.10 Å². The largest absolute Gasteiger partial charge is 0.495 e. The second-order valence-corrected chi connectivity index (χ2v) is 3.49. The van der Waals surface area contributed by atoms with Crippen molar-refractivity contribution in [3.05, 3.63) is 23.2 Å². The van der Waals surface area contributed by atoms with Gasteiger partial charge in [0, 0.05) is 12.2 Å². The minimum atomic E-state index is -0.379. The van der Waals surface area contributed by atoms with Gasteiger partial charge in [0.05, 0.1) is 18.2 Å². The molecule has 0 spiro atoms. The average Bonchev–Trinajstić information content (AvgIpc) is 2.15. The number of hydrogen-bond acceptors (Lipinski definition) is 3. The van der Waals surface area contributed by atoms with Gasteiger partial charge in [-0.25, -0.2) is 0 Å². The Hall–Kier alpha value is -0.930. The van der Waals surface area contributed by atoms with Crippen LogP contribution in [0.4, 0.5) is 5.69 Å². The fraction of sp³-hybridized carbons (Fsp3) is 0.400. The van der Waals surface area contributed by atoms with Crippen molar-refractivity contribution in [3.8, 4) is 5.75 Å². The van der Waals surface area contributed by atoms with E-state index >= 15 is 0 Å². The predicted molar refractivity (Wildman–Crippen MR) is 58.2 cm³/mol. The highest BCUT2D eigenvalue weighted by Gasteiger charge is 2.01. The lowest BCUT2D eigenvalue weighted by Crippen LogP contribution is -2.15. The van der Waals surface area contributed by atoms with Gasteiger partial charge in [0.15, 0.2) is 0 Å². The minimum Gasteiger partial charge on any atom is -0.495 e. The number of rotatable bonds is 4. The Labute approximate surface area is 88.7 Å². The van der Waals surface area contributed by atoms with Gasteiger partial charge in [-0.3, -0.25) is 0 Å². The van der Waals surface area contributed by atoms with Crippen LogP contribution in [0.1, 0.15) is 6.92 Å². The molecule has 0 heterocycles. The quantitative estimate of drug-likeness (QED) is 0.809. The van der Waals surface area contributed by atoms with Gasteiger partial charge in [-0.2, -0.15) is 0 Å². The van der Waals surface area contributed by atoms with Crippen LogP contribution >= 0.6 is 11.6 Å². The van der Waals surface area contributed by atoms with Crippen molar-refractivity contribution >= 4 is 17.3 Å². The van der Waals surface area contributed by atoms with Gasteiger partial charge in [0.25, 0.3) is 0 Å². The lowest BCUT2D eigenvalue weighted by Gasteiger charge is -2.10. The van der Waals surface area contributed by atoms with Crippen LogP contribution in [0.25, 0.3) is 0 Å². The molecule has 0 aromatic heterocycles. The molecule has 78 valence electrons. The molecule has 0 saturated carbocycles. The summed E-state index contributed by atoms with van der Waals surface area (Å²) < 4.78 is 5.02. The first-order chi connectivity index (χ1) is 6.63. The summed E-state index contributed by atoms with van der Waals surface area (Å²) in [6.07, 6.45) is -0.379. The molecule has 0 bridgehead atoms. The van der Waals surface area contributed by atoms with E-state index in [0.29, 0.717) is 17.3 Å². The van der Waals surface area contributed by atoms with E-state index in [9.17, 15) is 0 Å². The second-order valence-electron chi connectivity index (χ2n) is 3.08. The molecular weight excluding hydrogens is 202 g/mol. The Morgan fingerprint density at radius 3 is 2.79 bits per heavy atom. The molecule has 1 rings (SSSR count). The molecule has 0 radical (unpaired) electrons. The zero-order chi connectivity index (χ0) is 10.6. The van der Waals surface area contributed by atoms with E-state index in [0.717, 1.165) is 5.69 Å². The maximum absolute atomic E-state index is 9.06. The standard InChI is InChI=1S/C10H14ClNO2/c1-7(13)6-12-8-3-4-10(14-2)9(11)5-8/h3-5,7,12-13H,6H2,1-2H3. The maximum atomic E-state index is 9.06. The van der Waals surface area contributed by atoms with Crippen LogP contribution in [0.15, 0.2) is 18.2 Å². The third-order valence-electron chi connectivity index (χ3n) is 1.75. The molecule has 1 aromatic carbocycles.